The molecule has 0 saturated heterocycles. The summed E-state index contributed by atoms with van der Waals surface area (Å²) in [5.41, 5.74) is 3.97. The van der Waals surface area contributed by atoms with Gasteiger partial charge in [0.1, 0.15) is 5.15 Å². The first-order valence-corrected chi connectivity index (χ1v) is 5.55. The smallest absolute Gasteiger partial charge is 0.107 e. The molecule has 1 aromatic heterocycles. The molecule has 0 aliphatic carbocycles. The third-order valence-corrected chi connectivity index (χ3v) is 2.93. The number of aromatic nitrogens is 1. The summed E-state index contributed by atoms with van der Waals surface area (Å²) in [7, 11) is 0. The minimum Gasteiger partial charge on any atom is -0.346 e. The average molecular weight is 222 g/mol. The van der Waals surface area contributed by atoms with Gasteiger partial charge in [-0.2, -0.15) is 0 Å². The van der Waals surface area contributed by atoms with Crippen LogP contribution in [-0.2, 0) is 5.41 Å². The van der Waals surface area contributed by atoms with Crippen molar-refractivity contribution in [2.24, 2.45) is 0 Å². The number of benzene rings is 1. The summed E-state index contributed by atoms with van der Waals surface area (Å²) in [6.07, 6.45) is 0. The van der Waals surface area contributed by atoms with Crippen molar-refractivity contribution in [1.29, 1.82) is 0 Å². The van der Waals surface area contributed by atoms with Gasteiger partial charge in [0.25, 0.3) is 0 Å². The van der Waals surface area contributed by atoms with E-state index < -0.39 is 0 Å². The van der Waals surface area contributed by atoms with Crippen LogP contribution in [-0.4, -0.2) is 4.98 Å². The maximum Gasteiger partial charge on any atom is 0.107 e. The minimum absolute atomic E-state index is 0.148. The van der Waals surface area contributed by atoms with Gasteiger partial charge in [0.2, 0.25) is 0 Å². The topological polar surface area (TPSA) is 15.8 Å². The Morgan fingerprint density at radius 3 is 2.47 bits per heavy atom. The first-order valence-electron chi connectivity index (χ1n) is 5.18. The molecule has 0 fully saturated rings. The van der Waals surface area contributed by atoms with E-state index in [1.807, 2.05) is 6.07 Å². The fourth-order valence-corrected chi connectivity index (χ4v) is 2.49. The van der Waals surface area contributed by atoms with E-state index in [0.29, 0.717) is 5.15 Å². The van der Waals surface area contributed by atoms with E-state index in [4.69, 9.17) is 11.6 Å². The first kappa shape index (κ1) is 10.6. The average Bonchev–Trinajstić information content (AvgIpc) is 2.41. The van der Waals surface area contributed by atoms with Gasteiger partial charge in [0.15, 0.2) is 0 Å². The van der Waals surface area contributed by atoms with Crippen LogP contribution in [0, 0.1) is 6.92 Å². The standard InChI is InChI=1S/C13H16ClN/c1-8-5-6-10-9(7-11(14)15-10)12(8)13(2,3)4/h5-7,15H,1-4H3. The highest BCUT2D eigenvalue weighted by molar-refractivity contribution is 6.30. The van der Waals surface area contributed by atoms with E-state index in [-0.39, 0.29) is 5.41 Å². The van der Waals surface area contributed by atoms with Crippen LogP contribution in [0.3, 0.4) is 0 Å². The second kappa shape index (κ2) is 3.28. The molecule has 0 spiro atoms. The van der Waals surface area contributed by atoms with Gasteiger partial charge in [0.05, 0.1) is 0 Å². The van der Waals surface area contributed by atoms with E-state index in [9.17, 15) is 0 Å². The van der Waals surface area contributed by atoms with Crippen molar-refractivity contribution in [3.05, 3.63) is 34.5 Å². The van der Waals surface area contributed by atoms with Crippen LogP contribution in [0.4, 0.5) is 0 Å². The number of hydrogen-bond donors (Lipinski definition) is 1. The number of aromatic amines is 1. The molecule has 0 saturated carbocycles. The van der Waals surface area contributed by atoms with Gasteiger partial charge in [-0.15, -0.1) is 0 Å². The van der Waals surface area contributed by atoms with E-state index in [2.05, 4.69) is 44.8 Å². The maximum atomic E-state index is 6.00. The number of aryl methyl sites for hydroxylation is 1. The summed E-state index contributed by atoms with van der Waals surface area (Å²) in [4.78, 5) is 3.16. The number of hydrogen-bond acceptors (Lipinski definition) is 0. The van der Waals surface area contributed by atoms with E-state index in [1.54, 1.807) is 0 Å². The highest BCUT2D eigenvalue weighted by atomic mass is 35.5. The minimum atomic E-state index is 0.148. The van der Waals surface area contributed by atoms with Gasteiger partial charge >= 0.3 is 0 Å². The van der Waals surface area contributed by atoms with Crippen molar-refractivity contribution in [2.45, 2.75) is 33.1 Å². The quantitative estimate of drug-likeness (QED) is 0.678. The van der Waals surface area contributed by atoms with Gasteiger partial charge < -0.3 is 4.98 Å². The van der Waals surface area contributed by atoms with Crippen molar-refractivity contribution in [1.82, 2.24) is 4.98 Å². The molecular weight excluding hydrogens is 206 g/mol. The second-order valence-electron chi connectivity index (χ2n) is 5.09. The van der Waals surface area contributed by atoms with Gasteiger partial charge in [-0.25, -0.2) is 0 Å². The Bertz CT molecular complexity index is 503. The Kier molecular flexibility index (Phi) is 2.31. The lowest BCUT2D eigenvalue weighted by Crippen LogP contribution is -2.13. The summed E-state index contributed by atoms with van der Waals surface area (Å²) in [5.74, 6) is 0. The van der Waals surface area contributed by atoms with Gasteiger partial charge in [-0.3, -0.25) is 0 Å². The van der Waals surface area contributed by atoms with Gasteiger partial charge in [-0.1, -0.05) is 38.4 Å². The predicted molar refractivity (Wildman–Crippen MR) is 66.7 cm³/mol. The number of fused-ring (bicyclic) bond motifs is 1. The van der Waals surface area contributed by atoms with Crippen molar-refractivity contribution in [3.63, 3.8) is 0 Å². The molecular formula is C13H16ClN. The molecule has 1 nitrogen and oxygen atoms in total. The molecule has 15 heavy (non-hydrogen) atoms. The van der Waals surface area contributed by atoms with Crippen LogP contribution < -0.4 is 0 Å². The summed E-state index contributed by atoms with van der Waals surface area (Å²) in [6, 6.07) is 6.26. The lowest BCUT2D eigenvalue weighted by Gasteiger charge is -2.22. The SMILES string of the molecule is Cc1ccc2[nH]c(Cl)cc2c1C(C)(C)C. The third-order valence-electron chi connectivity index (χ3n) is 2.73. The number of H-pyrrole nitrogens is 1. The van der Waals surface area contributed by atoms with Crippen LogP contribution in [0.1, 0.15) is 31.9 Å². The second-order valence-corrected chi connectivity index (χ2v) is 5.49. The normalized spacial score (nSPS) is 12.3. The van der Waals surface area contributed by atoms with Crippen molar-refractivity contribution in [3.8, 4) is 0 Å². The molecule has 0 atom stereocenters. The molecule has 2 heteroatoms. The highest BCUT2D eigenvalue weighted by Gasteiger charge is 2.20. The Morgan fingerprint density at radius 2 is 1.87 bits per heavy atom. The number of halogens is 1. The molecule has 0 unspecified atom stereocenters. The van der Waals surface area contributed by atoms with Gasteiger partial charge in [0, 0.05) is 10.9 Å². The van der Waals surface area contributed by atoms with E-state index in [1.165, 1.54) is 16.5 Å². The van der Waals surface area contributed by atoms with E-state index >= 15 is 0 Å². The van der Waals surface area contributed by atoms with Crippen LogP contribution in [0.25, 0.3) is 10.9 Å². The molecule has 0 amide bonds. The summed E-state index contributed by atoms with van der Waals surface area (Å²) < 4.78 is 0. The monoisotopic (exact) mass is 221 g/mol. The fraction of sp³-hybridized carbons (Fsp3) is 0.385. The Morgan fingerprint density at radius 1 is 1.20 bits per heavy atom. The molecule has 0 aliphatic rings. The molecule has 2 rings (SSSR count). The van der Waals surface area contributed by atoms with Crippen LogP contribution in [0.5, 0.6) is 0 Å². The summed E-state index contributed by atoms with van der Waals surface area (Å²) in [6.45, 7) is 8.85. The molecule has 0 aliphatic heterocycles. The zero-order valence-electron chi connectivity index (χ0n) is 9.61. The van der Waals surface area contributed by atoms with Gasteiger partial charge in [-0.05, 0) is 35.6 Å². The molecule has 1 heterocycles. The van der Waals surface area contributed by atoms with Crippen LogP contribution in [0.2, 0.25) is 5.15 Å². The largest absolute Gasteiger partial charge is 0.346 e. The van der Waals surface area contributed by atoms with Crippen molar-refractivity contribution < 1.29 is 0 Å². The molecule has 1 N–H and O–H groups in total. The lowest BCUT2D eigenvalue weighted by atomic mass is 9.82. The molecule has 0 bridgehead atoms. The summed E-state index contributed by atoms with van der Waals surface area (Å²) >= 11 is 6.00. The summed E-state index contributed by atoms with van der Waals surface area (Å²) in [5, 5.41) is 1.95. The Balaban J connectivity index is 2.85. The third kappa shape index (κ3) is 1.76. The zero-order chi connectivity index (χ0) is 11.2. The Labute approximate surface area is 95.5 Å². The first-order chi connectivity index (χ1) is 6.89. The van der Waals surface area contributed by atoms with Crippen molar-refractivity contribution in [2.75, 3.05) is 0 Å². The van der Waals surface area contributed by atoms with Crippen LogP contribution >= 0.6 is 11.6 Å². The number of nitrogens with one attached hydrogen (secondary N) is 1. The lowest BCUT2D eigenvalue weighted by molar-refractivity contribution is 0.592. The molecule has 80 valence electrons. The molecule has 2 aromatic rings. The fourth-order valence-electron chi connectivity index (χ4n) is 2.27. The Hall–Kier alpha value is -0.950. The highest BCUT2D eigenvalue weighted by Crippen LogP contribution is 2.34. The maximum absolute atomic E-state index is 6.00. The zero-order valence-corrected chi connectivity index (χ0v) is 10.4. The van der Waals surface area contributed by atoms with Crippen molar-refractivity contribution >= 4 is 22.5 Å². The predicted octanol–water partition coefficient (Wildman–Crippen LogP) is 4.43. The number of rotatable bonds is 0. The van der Waals surface area contributed by atoms with Crippen LogP contribution in [0.15, 0.2) is 18.2 Å². The molecule has 0 radical (unpaired) electrons. The molecule has 1 aromatic carbocycles. The van der Waals surface area contributed by atoms with E-state index in [0.717, 1.165) is 5.52 Å².